The summed E-state index contributed by atoms with van der Waals surface area (Å²) in [5.74, 6) is 1.39. The van der Waals surface area contributed by atoms with Gasteiger partial charge < -0.3 is 15.4 Å². The van der Waals surface area contributed by atoms with Gasteiger partial charge in [-0.25, -0.2) is 0 Å². The maximum absolute atomic E-state index is 12.3. The van der Waals surface area contributed by atoms with Gasteiger partial charge in [-0.05, 0) is 24.7 Å². The molecular formula is C15H32N2O2. The molecule has 0 heterocycles. The van der Waals surface area contributed by atoms with E-state index in [4.69, 9.17) is 10.5 Å². The van der Waals surface area contributed by atoms with E-state index >= 15 is 0 Å². The maximum atomic E-state index is 12.3. The van der Waals surface area contributed by atoms with Gasteiger partial charge in [-0.1, -0.05) is 27.7 Å². The molecule has 0 radical (unpaired) electrons. The molecule has 19 heavy (non-hydrogen) atoms. The third kappa shape index (κ3) is 9.00. The molecule has 4 heteroatoms. The minimum absolute atomic E-state index is 0.159. The van der Waals surface area contributed by atoms with Gasteiger partial charge in [0.15, 0.2) is 0 Å². The first-order chi connectivity index (χ1) is 8.90. The lowest BCUT2D eigenvalue weighted by Crippen LogP contribution is -2.38. The van der Waals surface area contributed by atoms with Crippen LogP contribution in [0.3, 0.4) is 0 Å². The molecule has 0 aliphatic heterocycles. The van der Waals surface area contributed by atoms with Crippen LogP contribution in [0.1, 0.15) is 47.0 Å². The van der Waals surface area contributed by atoms with Gasteiger partial charge in [-0.15, -0.1) is 0 Å². The number of nitrogens with zero attached hydrogens (tertiary/aromatic N) is 1. The Kier molecular flexibility index (Phi) is 9.88. The second kappa shape index (κ2) is 10.2. The van der Waals surface area contributed by atoms with Crippen molar-refractivity contribution < 1.29 is 9.53 Å². The molecule has 0 fully saturated rings. The van der Waals surface area contributed by atoms with E-state index in [1.54, 1.807) is 7.11 Å². The van der Waals surface area contributed by atoms with Crippen molar-refractivity contribution in [1.29, 1.82) is 0 Å². The SMILES string of the molecule is COC(CN)CC(=O)N(CCC(C)C)CCC(C)C. The van der Waals surface area contributed by atoms with Crippen LogP contribution in [-0.4, -0.2) is 43.7 Å². The van der Waals surface area contributed by atoms with Gasteiger partial charge in [0.1, 0.15) is 0 Å². The molecule has 0 saturated carbocycles. The summed E-state index contributed by atoms with van der Waals surface area (Å²) >= 11 is 0. The molecule has 0 aromatic heterocycles. The Bertz CT molecular complexity index is 226. The number of rotatable bonds is 10. The normalized spacial score (nSPS) is 13.1. The van der Waals surface area contributed by atoms with Crippen molar-refractivity contribution >= 4 is 5.91 Å². The molecule has 114 valence electrons. The van der Waals surface area contributed by atoms with Crippen LogP contribution in [0.2, 0.25) is 0 Å². The van der Waals surface area contributed by atoms with Crippen LogP contribution in [0, 0.1) is 11.8 Å². The van der Waals surface area contributed by atoms with Crippen LogP contribution in [0.4, 0.5) is 0 Å². The minimum Gasteiger partial charge on any atom is -0.380 e. The molecule has 0 aliphatic rings. The summed E-state index contributed by atoms with van der Waals surface area (Å²) < 4.78 is 5.20. The zero-order chi connectivity index (χ0) is 14.8. The average molecular weight is 272 g/mol. The lowest BCUT2D eigenvalue weighted by atomic mass is 10.1. The topological polar surface area (TPSA) is 55.6 Å². The molecule has 0 spiro atoms. The minimum atomic E-state index is -0.159. The Balaban J connectivity index is 4.38. The van der Waals surface area contributed by atoms with Gasteiger partial charge in [-0.3, -0.25) is 4.79 Å². The molecule has 4 nitrogen and oxygen atoms in total. The predicted molar refractivity (Wildman–Crippen MR) is 80.0 cm³/mol. The van der Waals surface area contributed by atoms with Crippen LogP contribution < -0.4 is 5.73 Å². The summed E-state index contributed by atoms with van der Waals surface area (Å²) in [6.07, 6.45) is 2.32. The molecule has 0 aromatic carbocycles. The van der Waals surface area contributed by atoms with Crippen molar-refractivity contribution in [2.24, 2.45) is 17.6 Å². The van der Waals surface area contributed by atoms with Crippen molar-refractivity contribution in [1.82, 2.24) is 4.90 Å². The Morgan fingerprint density at radius 3 is 1.89 bits per heavy atom. The number of carbonyl (C=O) groups excluding carboxylic acids is 1. The summed E-state index contributed by atoms with van der Waals surface area (Å²) in [4.78, 5) is 14.3. The summed E-state index contributed by atoms with van der Waals surface area (Å²) in [5, 5.41) is 0. The van der Waals surface area contributed by atoms with Gasteiger partial charge in [0.25, 0.3) is 0 Å². The zero-order valence-electron chi connectivity index (χ0n) is 13.3. The van der Waals surface area contributed by atoms with E-state index in [-0.39, 0.29) is 12.0 Å². The number of carbonyl (C=O) groups is 1. The zero-order valence-corrected chi connectivity index (χ0v) is 13.3. The van der Waals surface area contributed by atoms with Gasteiger partial charge in [0, 0.05) is 26.7 Å². The summed E-state index contributed by atoms with van der Waals surface area (Å²) in [7, 11) is 1.61. The van der Waals surface area contributed by atoms with E-state index in [9.17, 15) is 4.79 Å². The van der Waals surface area contributed by atoms with E-state index in [0.29, 0.717) is 24.8 Å². The molecular weight excluding hydrogens is 240 g/mol. The third-order valence-electron chi connectivity index (χ3n) is 3.30. The van der Waals surface area contributed by atoms with Gasteiger partial charge in [0.2, 0.25) is 5.91 Å². The van der Waals surface area contributed by atoms with Gasteiger partial charge in [-0.2, -0.15) is 0 Å². The Labute approximate surface area is 118 Å². The smallest absolute Gasteiger partial charge is 0.225 e. The van der Waals surface area contributed by atoms with Crippen molar-refractivity contribution in [2.45, 2.75) is 53.1 Å². The molecule has 0 aromatic rings. The number of ether oxygens (including phenoxy) is 1. The monoisotopic (exact) mass is 272 g/mol. The lowest BCUT2D eigenvalue weighted by Gasteiger charge is -2.26. The first-order valence-corrected chi connectivity index (χ1v) is 7.41. The highest BCUT2D eigenvalue weighted by atomic mass is 16.5. The molecule has 0 bridgehead atoms. The highest BCUT2D eigenvalue weighted by molar-refractivity contribution is 5.76. The maximum Gasteiger partial charge on any atom is 0.225 e. The number of methoxy groups -OCH3 is 1. The fourth-order valence-electron chi connectivity index (χ4n) is 1.78. The van der Waals surface area contributed by atoms with Crippen LogP contribution in [0.15, 0.2) is 0 Å². The molecule has 1 atom stereocenters. The fourth-order valence-corrected chi connectivity index (χ4v) is 1.78. The first kappa shape index (κ1) is 18.4. The fraction of sp³-hybridized carbons (Fsp3) is 0.933. The summed E-state index contributed by atoms with van der Waals surface area (Å²) in [6.45, 7) is 10.8. The van der Waals surface area contributed by atoms with Crippen molar-refractivity contribution in [3.05, 3.63) is 0 Å². The second-order valence-electron chi connectivity index (χ2n) is 6.04. The molecule has 1 amide bonds. The van der Waals surface area contributed by atoms with Crippen LogP contribution in [0.25, 0.3) is 0 Å². The number of nitrogens with two attached hydrogens (primary N) is 1. The molecule has 0 aliphatic carbocycles. The van der Waals surface area contributed by atoms with Crippen LogP contribution in [-0.2, 0) is 9.53 Å². The van der Waals surface area contributed by atoms with Gasteiger partial charge in [0.05, 0.1) is 12.5 Å². The average Bonchev–Trinajstić information content (AvgIpc) is 2.34. The highest BCUT2D eigenvalue weighted by Gasteiger charge is 2.18. The van der Waals surface area contributed by atoms with Crippen LogP contribution >= 0.6 is 0 Å². The standard InChI is InChI=1S/C15H32N2O2/c1-12(2)6-8-17(9-7-13(3)4)15(18)10-14(11-16)19-5/h12-14H,6-11,16H2,1-5H3. The molecule has 0 saturated heterocycles. The first-order valence-electron chi connectivity index (χ1n) is 7.41. The number of hydrogen-bond acceptors (Lipinski definition) is 3. The third-order valence-corrected chi connectivity index (χ3v) is 3.30. The number of amides is 1. The van der Waals surface area contributed by atoms with E-state index in [2.05, 4.69) is 27.7 Å². The number of hydrogen-bond donors (Lipinski definition) is 1. The van der Waals surface area contributed by atoms with Gasteiger partial charge >= 0.3 is 0 Å². The van der Waals surface area contributed by atoms with E-state index in [1.807, 2.05) is 4.90 Å². The van der Waals surface area contributed by atoms with Crippen molar-refractivity contribution in [3.8, 4) is 0 Å². The van der Waals surface area contributed by atoms with Crippen molar-refractivity contribution in [3.63, 3.8) is 0 Å². The summed E-state index contributed by atoms with van der Waals surface area (Å²) in [5.41, 5.74) is 5.58. The second-order valence-corrected chi connectivity index (χ2v) is 6.04. The summed E-state index contributed by atoms with van der Waals surface area (Å²) in [6, 6.07) is 0. The van der Waals surface area contributed by atoms with E-state index in [0.717, 1.165) is 25.9 Å². The molecule has 2 N–H and O–H groups in total. The Morgan fingerprint density at radius 2 is 1.58 bits per heavy atom. The molecule has 0 rings (SSSR count). The van der Waals surface area contributed by atoms with Crippen LogP contribution in [0.5, 0.6) is 0 Å². The Morgan fingerprint density at radius 1 is 1.11 bits per heavy atom. The Hall–Kier alpha value is -0.610. The van der Waals surface area contributed by atoms with E-state index in [1.165, 1.54) is 0 Å². The largest absolute Gasteiger partial charge is 0.380 e. The molecule has 1 unspecified atom stereocenters. The van der Waals surface area contributed by atoms with E-state index < -0.39 is 0 Å². The van der Waals surface area contributed by atoms with Crippen molar-refractivity contribution in [2.75, 3.05) is 26.7 Å². The predicted octanol–water partition coefficient (Wildman–Crippen LogP) is 2.27. The lowest BCUT2D eigenvalue weighted by molar-refractivity contribution is -0.134. The quantitative estimate of drug-likeness (QED) is 0.664. The highest BCUT2D eigenvalue weighted by Crippen LogP contribution is 2.09.